The van der Waals surface area contributed by atoms with E-state index in [1.807, 2.05) is 24.3 Å². The molecule has 0 saturated heterocycles. The average Bonchev–Trinajstić information content (AvgIpc) is 2.41. The van der Waals surface area contributed by atoms with Crippen LogP contribution in [-0.2, 0) is 4.74 Å². The number of hydrogen-bond acceptors (Lipinski definition) is 4. The van der Waals surface area contributed by atoms with Crippen LogP contribution in [0.2, 0.25) is 0 Å². The lowest BCUT2D eigenvalue weighted by atomic mass is 10.2. The van der Waals surface area contributed by atoms with Gasteiger partial charge < -0.3 is 15.2 Å². The first-order chi connectivity index (χ1) is 8.83. The van der Waals surface area contributed by atoms with Crippen molar-refractivity contribution in [3.63, 3.8) is 0 Å². The molecule has 2 aromatic rings. The second kappa shape index (κ2) is 6.21. The van der Waals surface area contributed by atoms with E-state index in [4.69, 9.17) is 15.2 Å². The Morgan fingerprint density at radius 2 is 2.00 bits per heavy atom. The van der Waals surface area contributed by atoms with Crippen LogP contribution in [0.3, 0.4) is 0 Å². The fourth-order valence-electron chi connectivity index (χ4n) is 1.82. The molecule has 1 heterocycles. The number of nitrogen functional groups attached to an aromatic ring is 1. The van der Waals surface area contributed by atoms with Gasteiger partial charge in [-0.2, -0.15) is 0 Å². The van der Waals surface area contributed by atoms with E-state index in [1.54, 1.807) is 13.3 Å². The van der Waals surface area contributed by atoms with Crippen molar-refractivity contribution in [3.05, 3.63) is 30.5 Å². The van der Waals surface area contributed by atoms with E-state index in [1.165, 1.54) is 0 Å². The van der Waals surface area contributed by atoms with Crippen molar-refractivity contribution >= 4 is 16.6 Å². The van der Waals surface area contributed by atoms with Crippen LogP contribution in [-0.4, -0.2) is 25.3 Å². The van der Waals surface area contributed by atoms with Crippen molar-refractivity contribution in [1.82, 2.24) is 4.98 Å². The van der Waals surface area contributed by atoms with Gasteiger partial charge in [0.2, 0.25) is 0 Å². The summed E-state index contributed by atoms with van der Waals surface area (Å²) in [5.74, 6) is 0.838. The Morgan fingerprint density at radius 3 is 2.83 bits per heavy atom. The van der Waals surface area contributed by atoms with Gasteiger partial charge in [-0.15, -0.1) is 0 Å². The predicted molar refractivity (Wildman–Crippen MR) is 72.8 cm³/mol. The summed E-state index contributed by atoms with van der Waals surface area (Å²) < 4.78 is 10.8. The van der Waals surface area contributed by atoms with Crippen LogP contribution in [0.4, 0.5) is 5.69 Å². The van der Waals surface area contributed by atoms with E-state index in [-0.39, 0.29) is 0 Å². The van der Waals surface area contributed by atoms with Gasteiger partial charge in [0.1, 0.15) is 5.75 Å². The number of methoxy groups -OCH3 is 1. The first-order valence-corrected chi connectivity index (χ1v) is 6.08. The van der Waals surface area contributed by atoms with Crippen LogP contribution >= 0.6 is 0 Å². The summed E-state index contributed by atoms with van der Waals surface area (Å²) in [5.41, 5.74) is 7.36. The molecule has 18 heavy (non-hydrogen) atoms. The number of fused-ring (bicyclic) bond motifs is 1. The lowest BCUT2D eigenvalue weighted by Gasteiger charge is -2.10. The first kappa shape index (κ1) is 12.6. The van der Waals surface area contributed by atoms with E-state index in [0.717, 1.165) is 36.1 Å². The Labute approximate surface area is 107 Å². The lowest BCUT2D eigenvalue weighted by molar-refractivity contribution is 0.184. The molecule has 1 aromatic heterocycles. The van der Waals surface area contributed by atoms with Gasteiger partial charge in [-0.05, 0) is 37.1 Å². The van der Waals surface area contributed by atoms with Crippen LogP contribution in [0.25, 0.3) is 10.9 Å². The van der Waals surface area contributed by atoms with Crippen LogP contribution in [0.1, 0.15) is 12.8 Å². The first-order valence-electron chi connectivity index (χ1n) is 6.08. The molecule has 0 aliphatic carbocycles. The highest BCUT2D eigenvalue weighted by molar-refractivity contribution is 5.93. The van der Waals surface area contributed by atoms with Crippen LogP contribution in [0, 0.1) is 0 Å². The van der Waals surface area contributed by atoms with Crippen LogP contribution in [0.5, 0.6) is 5.75 Å². The molecule has 96 valence electrons. The summed E-state index contributed by atoms with van der Waals surface area (Å²) in [5, 5.41) is 0.962. The third kappa shape index (κ3) is 2.90. The Hall–Kier alpha value is -1.81. The number of anilines is 1. The third-order valence-electron chi connectivity index (χ3n) is 2.76. The molecule has 0 atom stereocenters. The van der Waals surface area contributed by atoms with Gasteiger partial charge in [-0.1, -0.05) is 0 Å². The molecule has 0 aliphatic heterocycles. The second-order valence-corrected chi connectivity index (χ2v) is 4.10. The fraction of sp³-hybridized carbons (Fsp3) is 0.357. The lowest BCUT2D eigenvalue weighted by Crippen LogP contribution is -2.01. The summed E-state index contributed by atoms with van der Waals surface area (Å²) in [6.07, 6.45) is 3.71. The molecule has 0 spiro atoms. The van der Waals surface area contributed by atoms with Gasteiger partial charge in [0.15, 0.2) is 0 Å². The number of rotatable bonds is 6. The van der Waals surface area contributed by atoms with Crippen molar-refractivity contribution in [2.75, 3.05) is 26.1 Å². The second-order valence-electron chi connectivity index (χ2n) is 4.10. The molecular weight excluding hydrogens is 228 g/mol. The van der Waals surface area contributed by atoms with Gasteiger partial charge in [0.05, 0.1) is 17.8 Å². The minimum atomic E-state index is 0.678. The zero-order valence-electron chi connectivity index (χ0n) is 10.6. The standard InChI is InChI=1S/C14H18N2O2/c1-17-9-2-3-10-18-13-7-6-12(15)14-11(13)5-4-8-16-14/h4-8H,2-3,9-10,15H2,1H3. The molecule has 2 rings (SSSR count). The normalized spacial score (nSPS) is 10.7. The van der Waals surface area contributed by atoms with E-state index < -0.39 is 0 Å². The summed E-state index contributed by atoms with van der Waals surface area (Å²) in [4.78, 5) is 4.27. The Kier molecular flexibility index (Phi) is 4.36. The maximum atomic E-state index is 5.88. The molecule has 0 amide bonds. The number of aromatic nitrogens is 1. The zero-order chi connectivity index (χ0) is 12.8. The molecule has 4 nitrogen and oxygen atoms in total. The van der Waals surface area contributed by atoms with E-state index in [2.05, 4.69) is 4.98 Å². The average molecular weight is 246 g/mol. The topological polar surface area (TPSA) is 57.4 Å². The summed E-state index contributed by atoms with van der Waals surface area (Å²) in [6, 6.07) is 7.60. The smallest absolute Gasteiger partial charge is 0.128 e. The maximum absolute atomic E-state index is 5.88. The van der Waals surface area contributed by atoms with Gasteiger partial charge in [-0.25, -0.2) is 0 Å². The minimum Gasteiger partial charge on any atom is -0.493 e. The molecule has 0 bridgehead atoms. The van der Waals surface area contributed by atoms with Crippen LogP contribution < -0.4 is 10.5 Å². The SMILES string of the molecule is COCCCCOc1ccc(N)c2ncccc12. The van der Waals surface area contributed by atoms with Gasteiger partial charge in [-0.3, -0.25) is 4.98 Å². The molecule has 1 aromatic carbocycles. The Balaban J connectivity index is 2.07. The number of unbranched alkanes of at least 4 members (excludes halogenated alkanes) is 1. The molecule has 0 saturated carbocycles. The summed E-state index contributed by atoms with van der Waals surface area (Å²) in [6.45, 7) is 1.45. The minimum absolute atomic E-state index is 0.678. The summed E-state index contributed by atoms with van der Waals surface area (Å²) >= 11 is 0. The van der Waals surface area contributed by atoms with E-state index >= 15 is 0 Å². The highest BCUT2D eigenvalue weighted by Crippen LogP contribution is 2.28. The van der Waals surface area contributed by atoms with Gasteiger partial charge >= 0.3 is 0 Å². The molecule has 0 radical (unpaired) electrons. The fourth-order valence-corrected chi connectivity index (χ4v) is 1.82. The van der Waals surface area contributed by atoms with Crippen molar-refractivity contribution in [2.24, 2.45) is 0 Å². The third-order valence-corrected chi connectivity index (χ3v) is 2.76. The highest BCUT2D eigenvalue weighted by atomic mass is 16.5. The monoisotopic (exact) mass is 246 g/mol. The number of ether oxygens (including phenoxy) is 2. The van der Waals surface area contributed by atoms with Crippen molar-refractivity contribution in [2.45, 2.75) is 12.8 Å². The quantitative estimate of drug-likeness (QED) is 0.628. The number of hydrogen-bond donors (Lipinski definition) is 1. The highest BCUT2D eigenvalue weighted by Gasteiger charge is 2.05. The largest absolute Gasteiger partial charge is 0.493 e. The number of pyridine rings is 1. The van der Waals surface area contributed by atoms with Crippen molar-refractivity contribution < 1.29 is 9.47 Å². The molecule has 2 N–H and O–H groups in total. The number of benzene rings is 1. The molecule has 4 heteroatoms. The maximum Gasteiger partial charge on any atom is 0.128 e. The van der Waals surface area contributed by atoms with Crippen molar-refractivity contribution in [3.8, 4) is 5.75 Å². The van der Waals surface area contributed by atoms with Crippen LogP contribution in [0.15, 0.2) is 30.5 Å². The van der Waals surface area contributed by atoms with Gasteiger partial charge in [0.25, 0.3) is 0 Å². The number of nitrogens with zero attached hydrogens (tertiary/aromatic N) is 1. The molecule has 0 fully saturated rings. The number of nitrogens with two attached hydrogens (primary N) is 1. The van der Waals surface area contributed by atoms with Gasteiger partial charge in [0, 0.05) is 25.3 Å². The Morgan fingerprint density at radius 1 is 1.17 bits per heavy atom. The predicted octanol–water partition coefficient (Wildman–Crippen LogP) is 2.62. The molecule has 0 unspecified atom stereocenters. The van der Waals surface area contributed by atoms with E-state index in [0.29, 0.717) is 12.3 Å². The van der Waals surface area contributed by atoms with E-state index in [9.17, 15) is 0 Å². The summed E-state index contributed by atoms with van der Waals surface area (Å²) in [7, 11) is 1.71. The Bertz CT molecular complexity index is 514. The molecule has 0 aliphatic rings. The van der Waals surface area contributed by atoms with Crippen molar-refractivity contribution in [1.29, 1.82) is 0 Å². The zero-order valence-corrected chi connectivity index (χ0v) is 10.6. The molecular formula is C14H18N2O2.